The van der Waals surface area contributed by atoms with E-state index in [1.54, 1.807) is 23.9 Å². The highest BCUT2D eigenvalue weighted by Gasteiger charge is 2.08. The highest BCUT2D eigenvalue weighted by molar-refractivity contribution is 7.98. The lowest BCUT2D eigenvalue weighted by Crippen LogP contribution is -2.03. The largest absolute Gasteiger partial charge is 0.490 e. The molecule has 2 nitrogen and oxygen atoms in total. The molecule has 0 spiro atoms. The van der Waals surface area contributed by atoms with E-state index in [9.17, 15) is 4.39 Å². The van der Waals surface area contributed by atoms with Crippen LogP contribution in [0.4, 0.5) is 4.39 Å². The maximum atomic E-state index is 13.3. The first-order chi connectivity index (χ1) is 7.29. The van der Waals surface area contributed by atoms with Crippen LogP contribution >= 0.6 is 11.8 Å². The number of halogens is 1. The van der Waals surface area contributed by atoms with Gasteiger partial charge in [0.1, 0.15) is 0 Å². The molecule has 0 saturated heterocycles. The molecule has 0 radical (unpaired) electrons. The molecule has 4 heteroatoms. The highest BCUT2D eigenvalue weighted by Crippen LogP contribution is 2.22. The third-order valence-electron chi connectivity index (χ3n) is 1.96. The van der Waals surface area contributed by atoms with E-state index in [4.69, 9.17) is 9.84 Å². The summed E-state index contributed by atoms with van der Waals surface area (Å²) in [5, 5.41) is 8.99. The molecule has 0 aliphatic heterocycles. The zero-order chi connectivity index (χ0) is 11.1. The maximum absolute atomic E-state index is 13.3. The Balaban J connectivity index is 2.58. The molecule has 0 atom stereocenters. The summed E-state index contributed by atoms with van der Waals surface area (Å²) in [7, 11) is 0. The third-order valence-corrected chi connectivity index (χ3v) is 2.65. The molecule has 0 amide bonds. The highest BCUT2D eigenvalue weighted by atomic mass is 32.2. The minimum atomic E-state index is -0.411. The zero-order valence-electron chi connectivity index (χ0n) is 8.70. The van der Waals surface area contributed by atoms with Crippen LogP contribution in [-0.2, 0) is 6.61 Å². The first-order valence-electron chi connectivity index (χ1n) is 4.79. The number of ether oxygens (including phenoxy) is 1. The molecule has 15 heavy (non-hydrogen) atoms. The number of hydrogen-bond donors (Lipinski definition) is 1. The molecule has 1 aromatic carbocycles. The van der Waals surface area contributed by atoms with Gasteiger partial charge in [-0.25, -0.2) is 4.39 Å². The molecular formula is C11H15FO2S. The predicted octanol–water partition coefficient (Wildman–Crippen LogP) is 2.45. The van der Waals surface area contributed by atoms with Gasteiger partial charge in [0.25, 0.3) is 0 Å². The molecule has 0 unspecified atom stereocenters. The lowest BCUT2D eigenvalue weighted by molar-refractivity contribution is 0.256. The van der Waals surface area contributed by atoms with Gasteiger partial charge in [-0.05, 0) is 24.5 Å². The number of aliphatic hydroxyl groups excluding tert-OH is 1. The Kier molecular flexibility index (Phi) is 5.50. The van der Waals surface area contributed by atoms with Crippen molar-refractivity contribution in [1.29, 1.82) is 0 Å². The quantitative estimate of drug-likeness (QED) is 0.761. The number of hydrogen-bond acceptors (Lipinski definition) is 3. The number of rotatable bonds is 6. The maximum Gasteiger partial charge on any atom is 0.165 e. The average molecular weight is 230 g/mol. The normalized spacial score (nSPS) is 10.3. The van der Waals surface area contributed by atoms with Gasteiger partial charge in [-0.2, -0.15) is 11.8 Å². The molecular weight excluding hydrogens is 215 g/mol. The summed E-state index contributed by atoms with van der Waals surface area (Å²) in [6.07, 6.45) is 2.89. The van der Waals surface area contributed by atoms with Crippen molar-refractivity contribution < 1.29 is 14.2 Å². The third kappa shape index (κ3) is 3.72. The lowest BCUT2D eigenvalue weighted by atomic mass is 10.2. The molecule has 0 bridgehead atoms. The Morgan fingerprint density at radius 1 is 1.47 bits per heavy atom. The van der Waals surface area contributed by atoms with Gasteiger partial charge in [0, 0.05) is 5.56 Å². The summed E-state index contributed by atoms with van der Waals surface area (Å²) in [5.41, 5.74) is 0.499. The Labute approximate surface area is 93.5 Å². The van der Waals surface area contributed by atoms with Crippen molar-refractivity contribution in [1.82, 2.24) is 0 Å². The van der Waals surface area contributed by atoms with Crippen LogP contribution in [-0.4, -0.2) is 23.7 Å². The molecule has 84 valence electrons. The van der Waals surface area contributed by atoms with Crippen molar-refractivity contribution in [3.05, 3.63) is 29.6 Å². The fourth-order valence-electron chi connectivity index (χ4n) is 1.22. The van der Waals surface area contributed by atoms with Gasteiger partial charge >= 0.3 is 0 Å². The summed E-state index contributed by atoms with van der Waals surface area (Å²) in [5.74, 6) is 0.759. The molecule has 1 aromatic rings. The van der Waals surface area contributed by atoms with Crippen molar-refractivity contribution in [2.45, 2.75) is 13.0 Å². The van der Waals surface area contributed by atoms with E-state index < -0.39 is 5.82 Å². The summed E-state index contributed by atoms with van der Waals surface area (Å²) in [6.45, 7) is 0.282. The number of benzene rings is 1. The minimum absolute atomic E-state index is 0.182. The predicted molar refractivity (Wildman–Crippen MR) is 60.8 cm³/mol. The monoisotopic (exact) mass is 230 g/mol. The Bertz CT molecular complexity index is 305. The molecule has 0 aromatic heterocycles. The van der Waals surface area contributed by atoms with Crippen LogP contribution < -0.4 is 4.74 Å². The summed E-state index contributed by atoms with van der Waals surface area (Å²) in [4.78, 5) is 0. The van der Waals surface area contributed by atoms with E-state index in [0.29, 0.717) is 12.2 Å². The summed E-state index contributed by atoms with van der Waals surface area (Å²) in [6, 6.07) is 4.56. The zero-order valence-corrected chi connectivity index (χ0v) is 9.52. The van der Waals surface area contributed by atoms with Crippen LogP contribution in [0.3, 0.4) is 0 Å². The smallest absolute Gasteiger partial charge is 0.165 e. The molecule has 1 rings (SSSR count). The van der Waals surface area contributed by atoms with E-state index >= 15 is 0 Å². The first kappa shape index (κ1) is 12.3. The minimum Gasteiger partial charge on any atom is -0.490 e. The van der Waals surface area contributed by atoms with Gasteiger partial charge in [-0.1, -0.05) is 12.1 Å². The number of thioether (sulfide) groups is 1. The van der Waals surface area contributed by atoms with E-state index in [1.165, 1.54) is 6.07 Å². The fraction of sp³-hybridized carbons (Fsp3) is 0.455. The van der Waals surface area contributed by atoms with Crippen LogP contribution in [0.2, 0.25) is 0 Å². The molecule has 1 N–H and O–H groups in total. The fourth-order valence-corrected chi connectivity index (χ4v) is 1.62. The number of aliphatic hydroxyl groups is 1. The molecule has 0 fully saturated rings. The van der Waals surface area contributed by atoms with Gasteiger partial charge < -0.3 is 9.84 Å². The SMILES string of the molecule is CSCCCOc1c(F)cccc1CO. The second kappa shape index (κ2) is 6.69. The van der Waals surface area contributed by atoms with Crippen LogP contribution in [0.5, 0.6) is 5.75 Å². The van der Waals surface area contributed by atoms with Gasteiger partial charge in [-0.3, -0.25) is 0 Å². The Morgan fingerprint density at radius 2 is 2.27 bits per heavy atom. The van der Waals surface area contributed by atoms with Gasteiger partial charge in [0.15, 0.2) is 11.6 Å². The average Bonchev–Trinajstić information content (AvgIpc) is 2.26. The van der Waals surface area contributed by atoms with Crippen molar-refractivity contribution >= 4 is 11.8 Å². The Hall–Kier alpha value is -0.740. The standard InChI is InChI=1S/C11H15FO2S/c1-15-7-3-6-14-11-9(8-13)4-2-5-10(11)12/h2,4-5,13H,3,6-8H2,1H3. The molecule has 0 aliphatic carbocycles. The van der Waals surface area contributed by atoms with Gasteiger partial charge in [-0.15, -0.1) is 0 Å². The van der Waals surface area contributed by atoms with Gasteiger partial charge in [0.05, 0.1) is 13.2 Å². The van der Waals surface area contributed by atoms with Crippen LogP contribution in [0.1, 0.15) is 12.0 Å². The Morgan fingerprint density at radius 3 is 2.93 bits per heavy atom. The van der Waals surface area contributed by atoms with Crippen molar-refractivity contribution in [2.24, 2.45) is 0 Å². The van der Waals surface area contributed by atoms with Crippen LogP contribution in [0, 0.1) is 5.82 Å². The molecule has 0 heterocycles. The second-order valence-electron chi connectivity index (χ2n) is 3.08. The van der Waals surface area contributed by atoms with E-state index in [2.05, 4.69) is 0 Å². The topological polar surface area (TPSA) is 29.5 Å². The van der Waals surface area contributed by atoms with E-state index in [0.717, 1.165) is 12.2 Å². The van der Waals surface area contributed by atoms with Gasteiger partial charge in [0.2, 0.25) is 0 Å². The van der Waals surface area contributed by atoms with Crippen LogP contribution in [0.25, 0.3) is 0 Å². The van der Waals surface area contributed by atoms with Crippen molar-refractivity contribution in [2.75, 3.05) is 18.6 Å². The van der Waals surface area contributed by atoms with Crippen molar-refractivity contribution in [3.8, 4) is 5.75 Å². The summed E-state index contributed by atoms with van der Waals surface area (Å²) < 4.78 is 18.6. The first-order valence-corrected chi connectivity index (χ1v) is 6.19. The lowest BCUT2D eigenvalue weighted by Gasteiger charge is -2.10. The van der Waals surface area contributed by atoms with Crippen LogP contribution in [0.15, 0.2) is 18.2 Å². The second-order valence-corrected chi connectivity index (χ2v) is 4.07. The number of para-hydroxylation sites is 1. The summed E-state index contributed by atoms with van der Waals surface area (Å²) >= 11 is 1.73. The van der Waals surface area contributed by atoms with Crippen molar-refractivity contribution in [3.63, 3.8) is 0 Å². The van der Waals surface area contributed by atoms with E-state index in [1.807, 2.05) is 6.26 Å². The van der Waals surface area contributed by atoms with E-state index in [-0.39, 0.29) is 12.4 Å². The molecule has 0 aliphatic rings. The molecule has 0 saturated carbocycles.